The smallest absolute Gasteiger partial charge is 0.407 e. The molecular weight excluding hydrogens is 694 g/mol. The topological polar surface area (TPSA) is 191 Å². The minimum absolute atomic E-state index is 0.0786. The van der Waals surface area contributed by atoms with E-state index >= 15 is 0 Å². The molecule has 1 aliphatic rings. The maximum Gasteiger partial charge on any atom is 0.407 e. The molecule has 0 aliphatic carbocycles. The van der Waals surface area contributed by atoms with Gasteiger partial charge in [-0.25, -0.2) is 4.79 Å². The lowest BCUT2D eigenvalue weighted by Gasteiger charge is -2.33. The maximum absolute atomic E-state index is 14.3. The van der Waals surface area contributed by atoms with Crippen molar-refractivity contribution in [3.63, 3.8) is 0 Å². The minimum atomic E-state index is -0.951. The Kier molecular flexibility index (Phi) is 14.3. The molecule has 0 aromatic heterocycles. The third kappa shape index (κ3) is 12.8. The van der Waals surface area contributed by atoms with Crippen molar-refractivity contribution in [1.29, 1.82) is 0 Å². The predicted octanol–water partition coefficient (Wildman–Crippen LogP) is 6.58. The summed E-state index contributed by atoms with van der Waals surface area (Å²) in [5.41, 5.74) is 1.56. The van der Waals surface area contributed by atoms with Crippen LogP contribution in [0.1, 0.15) is 69.6 Å². The monoisotopic (exact) mass is 739 g/mol. The van der Waals surface area contributed by atoms with E-state index in [-0.39, 0.29) is 60.1 Å². The molecule has 0 spiro atoms. The molecule has 1 fully saturated rings. The summed E-state index contributed by atoms with van der Waals surface area (Å²) >= 11 is 0. The van der Waals surface area contributed by atoms with Crippen LogP contribution in [0.15, 0.2) is 90.0 Å². The summed E-state index contributed by atoms with van der Waals surface area (Å²) in [6.45, 7) is 5.67. The number of nitro benzene ring substituents is 2. The zero-order valence-corrected chi connectivity index (χ0v) is 30.6. The minimum Gasteiger partial charge on any atom is -0.444 e. The van der Waals surface area contributed by atoms with Crippen molar-refractivity contribution in [3.05, 3.63) is 127 Å². The number of likely N-dealkylation sites (tertiary alicyclic amines) is 1. The number of nitrogens with one attached hydrogen (secondary N) is 2. The van der Waals surface area contributed by atoms with Crippen LogP contribution in [0.3, 0.4) is 0 Å². The average molecular weight is 740 g/mol. The molecule has 0 radical (unpaired) electrons. The van der Waals surface area contributed by atoms with Gasteiger partial charge in [-0.2, -0.15) is 0 Å². The molecule has 4 rings (SSSR count). The fourth-order valence-electron chi connectivity index (χ4n) is 5.79. The number of hydrogen-bond acceptors (Lipinski definition) is 9. The van der Waals surface area contributed by atoms with Gasteiger partial charge < -0.3 is 20.3 Å². The van der Waals surface area contributed by atoms with E-state index in [1.807, 2.05) is 30.3 Å². The van der Waals surface area contributed by atoms with Crippen LogP contribution in [0.2, 0.25) is 0 Å². The van der Waals surface area contributed by atoms with E-state index in [9.17, 15) is 39.4 Å². The summed E-state index contributed by atoms with van der Waals surface area (Å²) in [6, 6.07) is 19.6. The van der Waals surface area contributed by atoms with E-state index in [4.69, 9.17) is 4.74 Å². The number of nitrogens with zero attached hydrogens (tertiary/aromatic N) is 3. The van der Waals surface area contributed by atoms with Gasteiger partial charge >= 0.3 is 6.09 Å². The number of amides is 3. The molecule has 14 heteroatoms. The van der Waals surface area contributed by atoms with Crippen molar-refractivity contribution >= 4 is 47.2 Å². The lowest BCUT2D eigenvalue weighted by Crippen LogP contribution is -2.52. The number of nitro groups is 2. The van der Waals surface area contributed by atoms with Gasteiger partial charge in [-0.05, 0) is 86.7 Å². The molecule has 0 bridgehead atoms. The van der Waals surface area contributed by atoms with Gasteiger partial charge in [0.2, 0.25) is 11.8 Å². The summed E-state index contributed by atoms with van der Waals surface area (Å²) in [7, 11) is 0. The maximum atomic E-state index is 14.3. The van der Waals surface area contributed by atoms with Crippen LogP contribution < -0.4 is 10.6 Å². The molecule has 284 valence electrons. The van der Waals surface area contributed by atoms with Crippen LogP contribution in [0.4, 0.5) is 16.2 Å². The number of Topliss-reactive ketones (excluding diaryl/α,β-unsaturated/α-hetero) is 1. The fraction of sp³-hybridized carbons (Fsp3) is 0.350. The van der Waals surface area contributed by atoms with Crippen molar-refractivity contribution < 1.29 is 33.8 Å². The largest absolute Gasteiger partial charge is 0.444 e. The SMILES string of the molecule is CC(C)(C)OC(=O)NCCCCCCC(=O)N[C@@H](Cc1ccccc1)C(=O)N1C/C(=C\c2ccc([N+](=O)[O-])cc2)C(=O)/C(=C/c2ccc([N+](=O)[O-])cc2)C1. The third-order valence-corrected chi connectivity index (χ3v) is 8.42. The Hall–Kier alpha value is -6.18. The van der Waals surface area contributed by atoms with E-state index in [1.54, 1.807) is 32.9 Å². The summed E-state index contributed by atoms with van der Waals surface area (Å²) in [5.74, 6) is -1.05. The van der Waals surface area contributed by atoms with E-state index in [1.165, 1.54) is 53.4 Å². The number of ketones is 1. The first kappa shape index (κ1) is 40.6. The summed E-state index contributed by atoms with van der Waals surface area (Å²) < 4.78 is 5.23. The Morgan fingerprint density at radius 2 is 1.31 bits per heavy atom. The molecule has 54 heavy (non-hydrogen) atoms. The van der Waals surface area contributed by atoms with Gasteiger partial charge in [0.15, 0.2) is 5.78 Å². The number of hydrogen-bond donors (Lipinski definition) is 2. The van der Waals surface area contributed by atoms with Gasteiger partial charge in [0, 0.05) is 67.9 Å². The number of carbonyl (C=O) groups excluding carboxylic acids is 4. The first-order valence-corrected chi connectivity index (χ1v) is 17.7. The normalized spacial score (nSPS) is 15.1. The second-order valence-corrected chi connectivity index (χ2v) is 14.0. The van der Waals surface area contributed by atoms with Crippen LogP contribution in [-0.4, -0.2) is 69.7 Å². The Labute approximate surface area is 313 Å². The molecule has 0 saturated carbocycles. The average Bonchev–Trinajstić information content (AvgIpc) is 3.12. The quantitative estimate of drug-likeness (QED) is 0.0750. The predicted molar refractivity (Wildman–Crippen MR) is 203 cm³/mol. The number of benzene rings is 3. The summed E-state index contributed by atoms with van der Waals surface area (Å²) in [5, 5.41) is 28.0. The van der Waals surface area contributed by atoms with Crippen LogP contribution in [0, 0.1) is 20.2 Å². The Bertz CT molecular complexity index is 1800. The van der Waals surface area contributed by atoms with Crippen LogP contribution >= 0.6 is 0 Å². The van der Waals surface area contributed by atoms with Gasteiger partial charge in [0.1, 0.15) is 11.6 Å². The van der Waals surface area contributed by atoms with Crippen LogP contribution in [0.25, 0.3) is 12.2 Å². The van der Waals surface area contributed by atoms with Gasteiger partial charge in [0.05, 0.1) is 9.85 Å². The van der Waals surface area contributed by atoms with E-state index in [0.29, 0.717) is 24.1 Å². The Morgan fingerprint density at radius 3 is 1.81 bits per heavy atom. The zero-order valence-electron chi connectivity index (χ0n) is 30.6. The van der Waals surface area contributed by atoms with Crippen LogP contribution in [0.5, 0.6) is 0 Å². The molecule has 1 heterocycles. The van der Waals surface area contributed by atoms with E-state index in [0.717, 1.165) is 24.8 Å². The number of non-ortho nitro benzene ring substituents is 2. The molecule has 3 aromatic rings. The zero-order chi connectivity index (χ0) is 39.3. The second-order valence-electron chi connectivity index (χ2n) is 14.0. The molecule has 1 atom stereocenters. The molecule has 14 nitrogen and oxygen atoms in total. The molecule has 1 saturated heterocycles. The Morgan fingerprint density at radius 1 is 0.796 bits per heavy atom. The summed E-state index contributed by atoms with van der Waals surface area (Å²) in [6.07, 6.45) is 5.88. The number of alkyl carbamates (subject to hydrolysis) is 1. The van der Waals surface area contributed by atoms with Crippen molar-refractivity contribution in [2.75, 3.05) is 19.6 Å². The van der Waals surface area contributed by atoms with Gasteiger partial charge in [-0.15, -0.1) is 0 Å². The Balaban J connectivity index is 1.50. The summed E-state index contributed by atoms with van der Waals surface area (Å²) in [4.78, 5) is 76.0. The van der Waals surface area contributed by atoms with Gasteiger partial charge in [-0.1, -0.05) is 43.2 Å². The van der Waals surface area contributed by atoms with Crippen molar-refractivity contribution in [2.45, 2.75) is 70.9 Å². The van der Waals surface area contributed by atoms with Crippen molar-refractivity contribution in [1.82, 2.24) is 15.5 Å². The molecular formula is C40H45N5O9. The lowest BCUT2D eigenvalue weighted by atomic mass is 9.93. The van der Waals surface area contributed by atoms with Gasteiger partial charge in [0.25, 0.3) is 11.4 Å². The second kappa shape index (κ2) is 19.1. The first-order valence-electron chi connectivity index (χ1n) is 17.7. The highest BCUT2D eigenvalue weighted by Gasteiger charge is 2.33. The first-order chi connectivity index (χ1) is 25.7. The number of rotatable bonds is 15. The van der Waals surface area contributed by atoms with Gasteiger partial charge in [-0.3, -0.25) is 34.6 Å². The molecule has 0 unspecified atom stereocenters. The number of ether oxygens (including phenoxy) is 1. The number of unbranched alkanes of at least 4 members (excludes halogenated alkanes) is 3. The molecule has 3 aromatic carbocycles. The van der Waals surface area contributed by atoms with Crippen molar-refractivity contribution in [2.24, 2.45) is 0 Å². The van der Waals surface area contributed by atoms with E-state index in [2.05, 4.69) is 10.6 Å². The fourth-order valence-corrected chi connectivity index (χ4v) is 5.79. The standard InChI is InChI=1S/C40H45N5O9/c1-40(2,3)54-39(49)41-22-10-5-4-9-13-36(46)42-35(25-28-11-7-6-8-12-28)38(48)43-26-31(23-29-14-18-33(19-15-29)44(50)51)37(47)32(27-43)24-30-16-20-34(21-17-30)45(52)53/h6-8,11-12,14-21,23-24,35H,4-5,9-10,13,22,25-27H2,1-3H3,(H,41,49)(H,42,46)/b31-23+,32-24+/t35-/m0/s1. The third-order valence-electron chi connectivity index (χ3n) is 8.42. The molecule has 2 N–H and O–H groups in total. The highest BCUT2D eigenvalue weighted by Crippen LogP contribution is 2.25. The highest BCUT2D eigenvalue weighted by molar-refractivity contribution is 6.15. The molecule has 1 aliphatic heterocycles. The van der Waals surface area contributed by atoms with Crippen molar-refractivity contribution in [3.8, 4) is 0 Å². The van der Waals surface area contributed by atoms with E-state index < -0.39 is 33.5 Å². The number of piperidine rings is 1. The highest BCUT2D eigenvalue weighted by atomic mass is 16.6. The number of carbonyl (C=O) groups is 4. The molecule has 3 amide bonds. The van der Waals surface area contributed by atoms with Crippen LogP contribution in [-0.2, 0) is 25.5 Å². The lowest BCUT2D eigenvalue weighted by molar-refractivity contribution is -0.385.